The van der Waals surface area contributed by atoms with Crippen LogP contribution in [-0.4, -0.2) is 9.97 Å². The molecule has 0 aliphatic carbocycles. The maximum absolute atomic E-state index is 6.54. The lowest BCUT2D eigenvalue weighted by Gasteiger charge is -2.15. The van der Waals surface area contributed by atoms with Gasteiger partial charge in [0.2, 0.25) is 11.8 Å². The van der Waals surface area contributed by atoms with E-state index in [4.69, 9.17) is 14.7 Å². The Kier molecular flexibility index (Phi) is 4.78. The van der Waals surface area contributed by atoms with Crippen molar-refractivity contribution >= 4 is 21.8 Å². The molecule has 4 aromatic carbocycles. The highest BCUT2D eigenvalue weighted by molar-refractivity contribution is 5.88. The molecule has 6 aromatic rings. The third-order valence-electron chi connectivity index (χ3n) is 5.74. The van der Waals surface area contributed by atoms with E-state index in [0.717, 1.165) is 44.1 Å². The molecule has 0 atom stereocenters. The van der Waals surface area contributed by atoms with Crippen molar-refractivity contribution in [2.24, 2.45) is 0 Å². The van der Waals surface area contributed by atoms with Gasteiger partial charge < -0.3 is 4.74 Å². The van der Waals surface area contributed by atoms with E-state index in [2.05, 4.69) is 48.5 Å². The average molecular weight is 425 g/mol. The topological polar surface area (TPSA) is 35.0 Å². The number of hydrogen-bond acceptors (Lipinski definition) is 3. The van der Waals surface area contributed by atoms with Crippen molar-refractivity contribution in [3.63, 3.8) is 0 Å². The van der Waals surface area contributed by atoms with Crippen molar-refractivity contribution in [1.82, 2.24) is 9.97 Å². The van der Waals surface area contributed by atoms with Crippen LogP contribution in [0.2, 0.25) is 0 Å². The fourth-order valence-corrected chi connectivity index (χ4v) is 4.09. The zero-order valence-electron chi connectivity index (χ0n) is 17.8. The van der Waals surface area contributed by atoms with Crippen LogP contribution in [0.15, 0.2) is 121 Å². The average Bonchev–Trinajstić information content (AvgIpc) is 2.89. The molecule has 0 radical (unpaired) electrons. The number of fused-ring (bicyclic) bond motifs is 2. The number of hydrogen-bond donors (Lipinski definition) is 0. The number of para-hydroxylation sites is 2. The Morgan fingerprint density at radius 1 is 0.424 bits per heavy atom. The summed E-state index contributed by atoms with van der Waals surface area (Å²) in [6.45, 7) is 0. The monoisotopic (exact) mass is 424 g/mol. The van der Waals surface area contributed by atoms with Gasteiger partial charge in [0, 0.05) is 21.9 Å². The van der Waals surface area contributed by atoms with E-state index < -0.39 is 0 Å². The number of ether oxygens (including phenoxy) is 1. The first-order valence-corrected chi connectivity index (χ1v) is 10.9. The molecule has 0 N–H and O–H groups in total. The summed E-state index contributed by atoms with van der Waals surface area (Å²) in [6, 6.07) is 40.9. The van der Waals surface area contributed by atoms with Crippen LogP contribution in [0.3, 0.4) is 0 Å². The minimum absolute atomic E-state index is 0.542. The Hall–Kier alpha value is -4.50. The van der Waals surface area contributed by atoms with E-state index >= 15 is 0 Å². The molecule has 0 aliphatic heterocycles. The molecule has 3 heteroatoms. The normalized spacial score (nSPS) is 11.0. The molecule has 0 unspecified atom stereocenters. The Labute approximate surface area is 192 Å². The van der Waals surface area contributed by atoms with E-state index in [9.17, 15) is 0 Å². The number of pyridine rings is 2. The van der Waals surface area contributed by atoms with Gasteiger partial charge in [0.1, 0.15) is 0 Å². The summed E-state index contributed by atoms with van der Waals surface area (Å²) in [4.78, 5) is 9.80. The van der Waals surface area contributed by atoms with Crippen molar-refractivity contribution in [1.29, 1.82) is 0 Å². The van der Waals surface area contributed by atoms with Crippen LogP contribution >= 0.6 is 0 Å². The highest BCUT2D eigenvalue weighted by Gasteiger charge is 2.16. The fourth-order valence-electron chi connectivity index (χ4n) is 4.09. The predicted molar refractivity (Wildman–Crippen MR) is 134 cm³/mol. The van der Waals surface area contributed by atoms with Gasteiger partial charge in [-0.25, -0.2) is 9.97 Å². The summed E-state index contributed by atoms with van der Waals surface area (Å²) >= 11 is 0. The molecule has 0 fully saturated rings. The van der Waals surface area contributed by atoms with Gasteiger partial charge >= 0.3 is 0 Å². The van der Waals surface area contributed by atoms with Crippen LogP contribution in [0.5, 0.6) is 11.8 Å². The molecule has 33 heavy (non-hydrogen) atoms. The van der Waals surface area contributed by atoms with Gasteiger partial charge in [0.05, 0.1) is 11.0 Å². The first-order chi connectivity index (χ1) is 16.3. The second-order valence-corrected chi connectivity index (χ2v) is 7.90. The van der Waals surface area contributed by atoms with Gasteiger partial charge in [0.15, 0.2) is 0 Å². The van der Waals surface area contributed by atoms with Gasteiger partial charge in [-0.3, -0.25) is 0 Å². The zero-order chi connectivity index (χ0) is 22.0. The highest BCUT2D eigenvalue weighted by atomic mass is 16.5. The third kappa shape index (κ3) is 3.70. The molecule has 0 saturated heterocycles. The molecule has 2 heterocycles. The molecule has 0 saturated carbocycles. The molecule has 6 rings (SSSR count). The lowest BCUT2D eigenvalue weighted by Crippen LogP contribution is -1.97. The van der Waals surface area contributed by atoms with Crippen LogP contribution in [0, 0.1) is 0 Å². The number of nitrogens with zero attached hydrogens (tertiary/aromatic N) is 2. The van der Waals surface area contributed by atoms with E-state index in [-0.39, 0.29) is 0 Å². The van der Waals surface area contributed by atoms with Crippen LogP contribution in [0.4, 0.5) is 0 Å². The first kappa shape index (κ1) is 19.2. The smallest absolute Gasteiger partial charge is 0.229 e. The molecule has 156 valence electrons. The van der Waals surface area contributed by atoms with Gasteiger partial charge in [-0.05, 0) is 35.4 Å². The molecule has 0 aliphatic rings. The van der Waals surface area contributed by atoms with E-state index in [0.29, 0.717) is 11.8 Å². The number of aromatic nitrogens is 2. The number of benzene rings is 4. The van der Waals surface area contributed by atoms with Gasteiger partial charge in [0.25, 0.3) is 0 Å². The number of rotatable bonds is 4. The molecule has 0 bridgehead atoms. The van der Waals surface area contributed by atoms with Crippen molar-refractivity contribution in [2.75, 3.05) is 0 Å². The molecule has 2 aromatic heterocycles. The second-order valence-electron chi connectivity index (χ2n) is 7.90. The van der Waals surface area contributed by atoms with E-state index in [1.165, 1.54) is 0 Å². The minimum atomic E-state index is 0.542. The van der Waals surface area contributed by atoms with E-state index in [1.807, 2.05) is 72.8 Å². The van der Waals surface area contributed by atoms with Crippen LogP contribution in [0.1, 0.15) is 0 Å². The molecular weight excluding hydrogens is 404 g/mol. The summed E-state index contributed by atoms with van der Waals surface area (Å²) in [6.07, 6.45) is 0. The summed E-state index contributed by atoms with van der Waals surface area (Å²) in [7, 11) is 0. The molecule has 3 nitrogen and oxygen atoms in total. The Balaban J connectivity index is 1.57. The summed E-state index contributed by atoms with van der Waals surface area (Å²) in [5, 5.41) is 2.14. The molecule has 0 spiro atoms. The Bertz CT molecular complexity index is 1460. The standard InChI is InChI=1S/C30H20N2O/c1-3-11-21(12-4-1)25-19-23-15-7-9-17-27(23)31-29(25)33-30-26(22-13-5-2-6-14-22)20-24-16-8-10-18-28(24)32-30/h1-20H. The fraction of sp³-hybridized carbons (Fsp3) is 0. The van der Waals surface area contributed by atoms with Crippen molar-refractivity contribution < 1.29 is 4.74 Å². The second kappa shape index (κ2) is 8.21. The molecule has 0 amide bonds. The van der Waals surface area contributed by atoms with Gasteiger partial charge in [-0.15, -0.1) is 0 Å². The molecular formula is C30H20N2O. The van der Waals surface area contributed by atoms with Gasteiger partial charge in [-0.2, -0.15) is 0 Å². The summed E-state index contributed by atoms with van der Waals surface area (Å²) < 4.78 is 6.54. The van der Waals surface area contributed by atoms with Crippen molar-refractivity contribution in [2.45, 2.75) is 0 Å². The van der Waals surface area contributed by atoms with Crippen LogP contribution in [-0.2, 0) is 0 Å². The van der Waals surface area contributed by atoms with Crippen molar-refractivity contribution in [3.05, 3.63) is 121 Å². The van der Waals surface area contributed by atoms with Crippen LogP contribution in [0.25, 0.3) is 44.1 Å². The zero-order valence-corrected chi connectivity index (χ0v) is 17.8. The Morgan fingerprint density at radius 2 is 0.818 bits per heavy atom. The largest absolute Gasteiger partial charge is 0.419 e. The highest BCUT2D eigenvalue weighted by Crippen LogP contribution is 2.38. The lowest BCUT2D eigenvalue weighted by molar-refractivity contribution is 0.452. The summed E-state index contributed by atoms with van der Waals surface area (Å²) in [5.41, 5.74) is 5.73. The Morgan fingerprint density at radius 3 is 1.27 bits per heavy atom. The van der Waals surface area contributed by atoms with Crippen LogP contribution < -0.4 is 4.74 Å². The maximum Gasteiger partial charge on any atom is 0.229 e. The van der Waals surface area contributed by atoms with Gasteiger partial charge in [-0.1, -0.05) is 97.1 Å². The van der Waals surface area contributed by atoms with E-state index in [1.54, 1.807) is 0 Å². The minimum Gasteiger partial charge on any atom is -0.419 e. The summed E-state index contributed by atoms with van der Waals surface area (Å²) in [5.74, 6) is 1.08. The maximum atomic E-state index is 6.54. The lowest BCUT2D eigenvalue weighted by atomic mass is 10.0. The SMILES string of the molecule is c1ccc(-c2cc3ccccc3nc2Oc2nc3ccccc3cc2-c2ccccc2)cc1. The predicted octanol–water partition coefficient (Wildman–Crippen LogP) is 7.91. The quantitative estimate of drug-likeness (QED) is 0.288. The third-order valence-corrected chi connectivity index (χ3v) is 5.74. The van der Waals surface area contributed by atoms with Crippen molar-refractivity contribution in [3.8, 4) is 34.0 Å². The first-order valence-electron chi connectivity index (χ1n) is 10.9.